The molecular weight excluding hydrogens is 232 g/mol. The van der Waals surface area contributed by atoms with Crippen molar-refractivity contribution in [1.29, 1.82) is 0 Å². The van der Waals surface area contributed by atoms with Crippen LogP contribution in [0.4, 0.5) is 5.69 Å². The first-order valence-corrected chi connectivity index (χ1v) is 5.62. The summed E-state index contributed by atoms with van der Waals surface area (Å²) < 4.78 is 0. The highest BCUT2D eigenvalue weighted by atomic mass is 35.5. The fraction of sp³-hybridized carbons (Fsp3) is 0.300. The van der Waals surface area contributed by atoms with Crippen LogP contribution in [0.1, 0.15) is 6.42 Å². The van der Waals surface area contributed by atoms with E-state index in [4.69, 9.17) is 5.73 Å². The van der Waals surface area contributed by atoms with Crippen LogP contribution >= 0.6 is 24.2 Å². The number of rotatable bonds is 4. The largest absolute Gasteiger partial charge is 0.330 e. The Bertz CT molecular complexity index is 303. The molecule has 0 aliphatic rings. The first-order chi connectivity index (χ1) is 6.76. The van der Waals surface area contributed by atoms with Crippen LogP contribution in [0.15, 0.2) is 29.2 Å². The first-order valence-electron chi connectivity index (χ1n) is 4.40. The summed E-state index contributed by atoms with van der Waals surface area (Å²) in [6.07, 6.45) is 2.38. The van der Waals surface area contributed by atoms with Crippen molar-refractivity contribution >= 4 is 35.8 Å². The number of carbonyl (C=O) groups excluding carboxylic acids is 1. The second-order valence-electron chi connectivity index (χ2n) is 2.82. The molecule has 1 rings (SSSR count). The van der Waals surface area contributed by atoms with Crippen molar-refractivity contribution < 1.29 is 4.79 Å². The van der Waals surface area contributed by atoms with Gasteiger partial charge in [0.1, 0.15) is 0 Å². The number of amides is 1. The molecule has 0 spiro atoms. The molecule has 0 radical (unpaired) electrons. The molecule has 5 heteroatoms. The van der Waals surface area contributed by atoms with Crippen molar-refractivity contribution in [1.82, 2.24) is 0 Å². The number of nitrogens with two attached hydrogens (primary N) is 1. The lowest BCUT2D eigenvalue weighted by Gasteiger charge is -2.04. The minimum atomic E-state index is -0.0376. The number of benzene rings is 1. The van der Waals surface area contributed by atoms with Gasteiger partial charge in [-0.15, -0.1) is 24.2 Å². The van der Waals surface area contributed by atoms with Crippen molar-refractivity contribution in [3.63, 3.8) is 0 Å². The number of carbonyl (C=O) groups is 1. The maximum Gasteiger partial charge on any atom is 0.225 e. The predicted molar refractivity (Wildman–Crippen MR) is 67.8 cm³/mol. The Morgan fingerprint density at radius 1 is 1.40 bits per heavy atom. The quantitative estimate of drug-likeness (QED) is 0.801. The molecule has 0 aliphatic carbocycles. The predicted octanol–water partition coefficient (Wildman–Crippen LogP) is 2.12. The number of nitrogens with one attached hydrogen (secondary N) is 1. The fourth-order valence-electron chi connectivity index (χ4n) is 1.03. The minimum absolute atomic E-state index is 0. The van der Waals surface area contributed by atoms with Crippen molar-refractivity contribution in [2.75, 3.05) is 18.1 Å². The maximum atomic E-state index is 11.2. The lowest BCUT2D eigenvalue weighted by molar-refractivity contribution is -0.116. The number of hydrogen-bond donors (Lipinski definition) is 2. The normalized spacial score (nSPS) is 9.20. The molecule has 1 aromatic carbocycles. The van der Waals surface area contributed by atoms with Gasteiger partial charge in [-0.05, 0) is 30.5 Å². The Morgan fingerprint density at radius 3 is 2.47 bits per heavy atom. The van der Waals surface area contributed by atoms with Gasteiger partial charge in [-0.25, -0.2) is 0 Å². The molecule has 84 valence electrons. The van der Waals surface area contributed by atoms with E-state index in [0.29, 0.717) is 13.0 Å². The Morgan fingerprint density at radius 2 is 2.00 bits per heavy atom. The summed E-state index contributed by atoms with van der Waals surface area (Å²) in [5.41, 5.74) is 6.09. The third-order valence-corrected chi connectivity index (χ3v) is 2.49. The molecular formula is C10H15ClN2OS. The summed E-state index contributed by atoms with van der Waals surface area (Å²) in [5, 5.41) is 2.77. The number of thioether (sulfide) groups is 1. The molecule has 0 saturated heterocycles. The van der Waals surface area contributed by atoms with E-state index in [1.54, 1.807) is 11.8 Å². The molecule has 3 N–H and O–H groups in total. The van der Waals surface area contributed by atoms with Crippen LogP contribution in [0.5, 0.6) is 0 Å². The van der Waals surface area contributed by atoms with Gasteiger partial charge in [0.15, 0.2) is 0 Å². The maximum absolute atomic E-state index is 11.2. The Labute approximate surface area is 100 Å². The highest BCUT2D eigenvalue weighted by Gasteiger charge is 1.99. The molecule has 3 nitrogen and oxygen atoms in total. The van der Waals surface area contributed by atoms with Gasteiger partial charge in [0.25, 0.3) is 0 Å². The van der Waals surface area contributed by atoms with E-state index in [1.807, 2.05) is 30.5 Å². The zero-order chi connectivity index (χ0) is 10.4. The summed E-state index contributed by atoms with van der Waals surface area (Å²) in [5.74, 6) is -0.0376. The number of hydrogen-bond acceptors (Lipinski definition) is 3. The van der Waals surface area contributed by atoms with Crippen LogP contribution in [-0.2, 0) is 4.79 Å². The molecule has 0 fully saturated rings. The molecule has 0 atom stereocenters. The average Bonchev–Trinajstić information content (AvgIpc) is 2.19. The SMILES string of the molecule is CSc1ccc(NC(=O)CCN)cc1.Cl. The standard InChI is InChI=1S/C10H14N2OS.ClH/c1-14-9-4-2-8(3-5-9)12-10(13)6-7-11;/h2-5H,6-7,11H2,1H3,(H,12,13);1H. The highest BCUT2D eigenvalue weighted by Crippen LogP contribution is 2.17. The number of anilines is 1. The summed E-state index contributed by atoms with van der Waals surface area (Å²) >= 11 is 1.67. The van der Waals surface area contributed by atoms with Crippen molar-refractivity contribution in [2.45, 2.75) is 11.3 Å². The Balaban J connectivity index is 0.00000196. The Hall–Kier alpha value is -0.710. The second-order valence-corrected chi connectivity index (χ2v) is 3.70. The second kappa shape index (κ2) is 7.56. The highest BCUT2D eigenvalue weighted by molar-refractivity contribution is 7.98. The third kappa shape index (κ3) is 5.06. The molecule has 0 unspecified atom stereocenters. The minimum Gasteiger partial charge on any atom is -0.330 e. The smallest absolute Gasteiger partial charge is 0.225 e. The van der Waals surface area contributed by atoms with Gasteiger partial charge < -0.3 is 11.1 Å². The Kier molecular flexibility index (Phi) is 7.21. The molecule has 0 saturated carbocycles. The summed E-state index contributed by atoms with van der Waals surface area (Å²) in [6, 6.07) is 7.73. The van der Waals surface area contributed by atoms with E-state index in [9.17, 15) is 4.79 Å². The van der Waals surface area contributed by atoms with Gasteiger partial charge in [0, 0.05) is 23.5 Å². The lowest BCUT2D eigenvalue weighted by atomic mass is 10.3. The third-order valence-electron chi connectivity index (χ3n) is 1.75. The molecule has 0 aromatic heterocycles. The van der Waals surface area contributed by atoms with Crippen molar-refractivity contribution in [2.24, 2.45) is 5.73 Å². The average molecular weight is 247 g/mol. The summed E-state index contributed by atoms with van der Waals surface area (Å²) in [6.45, 7) is 0.384. The zero-order valence-corrected chi connectivity index (χ0v) is 10.2. The molecule has 0 aliphatic heterocycles. The van der Waals surface area contributed by atoms with E-state index >= 15 is 0 Å². The van der Waals surface area contributed by atoms with Crippen LogP contribution in [0, 0.1) is 0 Å². The van der Waals surface area contributed by atoms with Gasteiger partial charge in [0.2, 0.25) is 5.91 Å². The first kappa shape index (κ1) is 14.3. The van der Waals surface area contributed by atoms with Crippen LogP contribution in [0.25, 0.3) is 0 Å². The molecule has 1 aromatic rings. The van der Waals surface area contributed by atoms with Crippen LogP contribution in [0.2, 0.25) is 0 Å². The number of halogens is 1. The molecule has 0 bridgehead atoms. The van der Waals surface area contributed by atoms with Crippen LogP contribution < -0.4 is 11.1 Å². The van der Waals surface area contributed by atoms with Crippen LogP contribution in [0.3, 0.4) is 0 Å². The molecule has 15 heavy (non-hydrogen) atoms. The monoisotopic (exact) mass is 246 g/mol. The van der Waals surface area contributed by atoms with Gasteiger partial charge in [-0.2, -0.15) is 0 Å². The fourth-order valence-corrected chi connectivity index (χ4v) is 1.44. The van der Waals surface area contributed by atoms with Gasteiger partial charge in [-0.1, -0.05) is 0 Å². The van der Waals surface area contributed by atoms with Gasteiger partial charge in [-0.3, -0.25) is 4.79 Å². The van der Waals surface area contributed by atoms with Crippen LogP contribution in [-0.4, -0.2) is 18.7 Å². The van der Waals surface area contributed by atoms with E-state index in [1.165, 1.54) is 4.90 Å². The lowest BCUT2D eigenvalue weighted by Crippen LogP contribution is -2.15. The van der Waals surface area contributed by atoms with E-state index in [2.05, 4.69) is 5.32 Å². The summed E-state index contributed by atoms with van der Waals surface area (Å²) in [4.78, 5) is 12.4. The van der Waals surface area contributed by atoms with Gasteiger partial charge >= 0.3 is 0 Å². The summed E-state index contributed by atoms with van der Waals surface area (Å²) in [7, 11) is 0. The van der Waals surface area contributed by atoms with Gasteiger partial charge in [0.05, 0.1) is 0 Å². The van der Waals surface area contributed by atoms with E-state index in [0.717, 1.165) is 5.69 Å². The zero-order valence-electron chi connectivity index (χ0n) is 8.53. The van der Waals surface area contributed by atoms with E-state index in [-0.39, 0.29) is 18.3 Å². The van der Waals surface area contributed by atoms with E-state index < -0.39 is 0 Å². The molecule has 0 heterocycles. The molecule has 1 amide bonds. The van der Waals surface area contributed by atoms with Crippen molar-refractivity contribution in [3.05, 3.63) is 24.3 Å². The van der Waals surface area contributed by atoms with Crippen molar-refractivity contribution in [3.8, 4) is 0 Å². The topological polar surface area (TPSA) is 55.1 Å².